The first-order valence-electron chi connectivity index (χ1n) is 5.05. The summed E-state index contributed by atoms with van der Waals surface area (Å²) in [6.07, 6.45) is 2.05. The molecule has 0 atom stereocenters. The Morgan fingerprint density at radius 3 is 2.76 bits per heavy atom. The van der Waals surface area contributed by atoms with Crippen LogP contribution in [0.5, 0.6) is 0 Å². The Kier molecular flexibility index (Phi) is 3.40. The van der Waals surface area contributed by atoms with Crippen LogP contribution in [0.3, 0.4) is 0 Å². The van der Waals surface area contributed by atoms with Gasteiger partial charge in [0, 0.05) is 0 Å². The van der Waals surface area contributed by atoms with Gasteiger partial charge in [0.25, 0.3) is 0 Å². The average molecular weight is 248 g/mol. The van der Waals surface area contributed by atoms with Crippen molar-refractivity contribution in [1.29, 1.82) is 0 Å². The van der Waals surface area contributed by atoms with Crippen molar-refractivity contribution in [2.75, 3.05) is 0 Å². The van der Waals surface area contributed by atoms with Crippen LogP contribution in [-0.2, 0) is 0 Å². The van der Waals surface area contributed by atoms with E-state index in [2.05, 4.69) is 4.99 Å². The number of carbonyl (C=O) groups excluding carboxylic acids is 1. The third-order valence-corrected chi connectivity index (χ3v) is 2.67. The molecule has 86 valence electrons. The number of para-hydroxylation sites is 1. The number of carbonyl (C=O) groups is 1. The van der Waals surface area contributed by atoms with Gasteiger partial charge in [0.05, 0.1) is 22.5 Å². The van der Waals surface area contributed by atoms with E-state index >= 15 is 0 Å². The van der Waals surface area contributed by atoms with Gasteiger partial charge in [-0.15, -0.1) is 0 Å². The van der Waals surface area contributed by atoms with E-state index in [4.69, 9.17) is 16.0 Å². The second kappa shape index (κ2) is 4.97. The van der Waals surface area contributed by atoms with Gasteiger partial charge in [-0.25, -0.2) is 4.99 Å². The Morgan fingerprint density at radius 2 is 2.06 bits per heavy atom. The second-order valence-corrected chi connectivity index (χ2v) is 3.91. The van der Waals surface area contributed by atoms with Crippen LogP contribution in [0.25, 0.3) is 0 Å². The summed E-state index contributed by atoms with van der Waals surface area (Å²) in [4.78, 5) is 15.2. The van der Waals surface area contributed by atoms with Crippen molar-refractivity contribution in [1.82, 2.24) is 0 Å². The molecule has 0 N–H and O–H groups in total. The molecule has 0 fully saturated rings. The first kappa shape index (κ1) is 11.6. The van der Waals surface area contributed by atoms with Crippen molar-refractivity contribution in [3.8, 4) is 0 Å². The standard InChI is InChI=1S/C13H10ClNO2/c1-9-4-2-3-5-12(9)15-13-10(8-16)11(14)6-7-17-13/h2-8H,1H3. The molecule has 17 heavy (non-hydrogen) atoms. The number of hydrogen-bond acceptors (Lipinski definition) is 3. The van der Waals surface area contributed by atoms with Gasteiger partial charge in [-0.05, 0) is 24.6 Å². The summed E-state index contributed by atoms with van der Waals surface area (Å²) in [5, 5.41) is 0.332. The molecule has 0 aliphatic carbocycles. The van der Waals surface area contributed by atoms with E-state index in [0.717, 1.165) is 11.3 Å². The molecule has 0 spiro atoms. The van der Waals surface area contributed by atoms with Crippen LogP contribution < -0.4 is 5.55 Å². The van der Waals surface area contributed by atoms with E-state index in [1.807, 2.05) is 31.2 Å². The lowest BCUT2D eigenvalue weighted by atomic mass is 10.2. The number of aldehydes is 1. The SMILES string of the molecule is Cc1ccccc1N=c1occc(Cl)c1C=O. The Morgan fingerprint density at radius 1 is 1.29 bits per heavy atom. The smallest absolute Gasteiger partial charge is 0.231 e. The Balaban J connectivity index is 2.66. The summed E-state index contributed by atoms with van der Waals surface area (Å²) < 4.78 is 5.21. The molecular weight excluding hydrogens is 238 g/mol. The van der Waals surface area contributed by atoms with Gasteiger partial charge in [-0.2, -0.15) is 0 Å². The minimum atomic E-state index is 0.224. The monoisotopic (exact) mass is 247 g/mol. The number of halogens is 1. The lowest BCUT2D eigenvalue weighted by molar-refractivity contribution is 0.111. The van der Waals surface area contributed by atoms with Gasteiger partial charge in [0.1, 0.15) is 0 Å². The summed E-state index contributed by atoms with van der Waals surface area (Å²) in [5.41, 5.74) is 2.24. The highest BCUT2D eigenvalue weighted by atomic mass is 35.5. The fraction of sp³-hybridized carbons (Fsp3) is 0.0769. The molecule has 2 rings (SSSR count). The van der Waals surface area contributed by atoms with E-state index in [9.17, 15) is 4.79 Å². The van der Waals surface area contributed by atoms with Crippen molar-refractivity contribution in [2.45, 2.75) is 6.92 Å². The molecule has 0 radical (unpaired) electrons. The second-order valence-electron chi connectivity index (χ2n) is 3.50. The number of benzene rings is 1. The van der Waals surface area contributed by atoms with Crippen LogP contribution in [0, 0.1) is 6.92 Å². The van der Waals surface area contributed by atoms with Crippen molar-refractivity contribution in [3.05, 3.63) is 58.3 Å². The van der Waals surface area contributed by atoms with Gasteiger partial charge in [-0.3, -0.25) is 4.79 Å². The lowest BCUT2D eigenvalue weighted by Crippen LogP contribution is -2.08. The van der Waals surface area contributed by atoms with E-state index in [1.54, 1.807) is 0 Å². The third kappa shape index (κ3) is 2.45. The zero-order chi connectivity index (χ0) is 12.3. The van der Waals surface area contributed by atoms with Crippen molar-refractivity contribution < 1.29 is 9.21 Å². The summed E-state index contributed by atoms with van der Waals surface area (Å²) >= 11 is 5.88. The van der Waals surface area contributed by atoms with Crippen LogP contribution in [0.1, 0.15) is 15.9 Å². The van der Waals surface area contributed by atoms with Gasteiger partial charge < -0.3 is 4.42 Å². The summed E-state index contributed by atoms with van der Waals surface area (Å²) in [5.74, 6) is 0. The summed E-state index contributed by atoms with van der Waals surface area (Å²) in [7, 11) is 0. The fourth-order valence-corrected chi connectivity index (χ4v) is 1.58. The number of aryl methyl sites for hydroxylation is 1. The first-order valence-corrected chi connectivity index (χ1v) is 5.43. The fourth-order valence-electron chi connectivity index (χ4n) is 1.41. The minimum absolute atomic E-state index is 0.224. The Bertz CT molecular complexity index is 617. The maximum absolute atomic E-state index is 10.9. The highest BCUT2D eigenvalue weighted by Gasteiger charge is 2.04. The molecule has 0 aliphatic heterocycles. The number of hydrogen-bond donors (Lipinski definition) is 0. The van der Waals surface area contributed by atoms with Crippen LogP contribution in [0.15, 0.2) is 46.0 Å². The third-order valence-electron chi connectivity index (χ3n) is 2.34. The van der Waals surface area contributed by atoms with Crippen LogP contribution in [0.2, 0.25) is 5.02 Å². The topological polar surface area (TPSA) is 42.6 Å². The highest BCUT2D eigenvalue weighted by Crippen LogP contribution is 2.17. The molecule has 0 aliphatic rings. The first-order chi connectivity index (χ1) is 8.22. The lowest BCUT2D eigenvalue weighted by Gasteiger charge is -1.99. The molecular formula is C13H10ClNO2. The molecule has 3 nitrogen and oxygen atoms in total. The Hall–Kier alpha value is -1.87. The predicted octanol–water partition coefficient (Wildman–Crippen LogP) is 3.29. The van der Waals surface area contributed by atoms with E-state index in [1.165, 1.54) is 12.3 Å². The highest BCUT2D eigenvalue weighted by molar-refractivity contribution is 6.32. The van der Waals surface area contributed by atoms with Gasteiger partial charge in [0.2, 0.25) is 5.55 Å². The normalized spacial score (nSPS) is 11.5. The maximum Gasteiger partial charge on any atom is 0.231 e. The molecule has 0 saturated heterocycles. The quantitative estimate of drug-likeness (QED) is 0.765. The Labute approximate surface area is 103 Å². The van der Waals surface area contributed by atoms with Crippen molar-refractivity contribution >= 4 is 23.6 Å². The van der Waals surface area contributed by atoms with Gasteiger partial charge >= 0.3 is 0 Å². The van der Waals surface area contributed by atoms with E-state index in [0.29, 0.717) is 11.3 Å². The molecule has 0 saturated carbocycles. The zero-order valence-electron chi connectivity index (χ0n) is 9.18. The number of rotatable bonds is 2. The molecule has 0 amide bonds. The van der Waals surface area contributed by atoms with Crippen LogP contribution in [0.4, 0.5) is 5.69 Å². The van der Waals surface area contributed by atoms with Crippen LogP contribution >= 0.6 is 11.6 Å². The molecule has 2 aromatic rings. The minimum Gasteiger partial charge on any atom is -0.446 e. The predicted molar refractivity (Wildman–Crippen MR) is 65.5 cm³/mol. The van der Waals surface area contributed by atoms with Crippen molar-refractivity contribution in [2.24, 2.45) is 4.99 Å². The average Bonchev–Trinajstić information content (AvgIpc) is 2.32. The molecule has 0 unspecified atom stereocenters. The molecule has 4 heteroatoms. The van der Waals surface area contributed by atoms with Crippen molar-refractivity contribution in [3.63, 3.8) is 0 Å². The largest absolute Gasteiger partial charge is 0.446 e. The molecule has 1 aromatic carbocycles. The summed E-state index contributed by atoms with van der Waals surface area (Å²) in [6.45, 7) is 1.93. The van der Waals surface area contributed by atoms with E-state index < -0.39 is 0 Å². The molecule has 1 aromatic heterocycles. The van der Waals surface area contributed by atoms with Gasteiger partial charge in [0.15, 0.2) is 6.29 Å². The molecule has 1 heterocycles. The zero-order valence-corrected chi connectivity index (χ0v) is 9.94. The summed E-state index contributed by atoms with van der Waals surface area (Å²) in [6, 6.07) is 9.09. The van der Waals surface area contributed by atoms with E-state index in [-0.39, 0.29) is 11.1 Å². The number of nitrogens with zero attached hydrogens (tertiary/aromatic N) is 1. The molecule has 0 bridgehead atoms. The van der Waals surface area contributed by atoms with Crippen LogP contribution in [-0.4, -0.2) is 6.29 Å². The van der Waals surface area contributed by atoms with Gasteiger partial charge in [-0.1, -0.05) is 29.8 Å². The maximum atomic E-state index is 10.9.